The van der Waals surface area contributed by atoms with Gasteiger partial charge in [0.15, 0.2) is 0 Å². The molecule has 142 valence electrons. The van der Waals surface area contributed by atoms with Crippen molar-refractivity contribution in [3.05, 3.63) is 33.9 Å². The molecule has 0 saturated carbocycles. The summed E-state index contributed by atoms with van der Waals surface area (Å²) >= 11 is 10.6. The molecule has 14 heteroatoms. The molecule has 0 radical (unpaired) electrons. The molecule has 0 spiro atoms. The zero-order valence-electron chi connectivity index (χ0n) is 13.6. The van der Waals surface area contributed by atoms with Crippen LogP contribution < -0.4 is 27.3 Å². The van der Waals surface area contributed by atoms with E-state index in [2.05, 4.69) is 26.6 Å². The first kappa shape index (κ1) is 20.6. The molecule has 0 bridgehead atoms. The van der Waals surface area contributed by atoms with Gasteiger partial charge in [-0.3, -0.25) is 30.6 Å². The largest absolute Gasteiger partial charge is 0.320 e. The van der Waals surface area contributed by atoms with Crippen LogP contribution in [0, 0.1) is 17.0 Å². The number of hydrogen-bond acceptors (Lipinski definition) is 9. The van der Waals surface area contributed by atoms with E-state index in [1.54, 1.807) is 6.92 Å². The molecule has 6 N–H and O–H groups in total. The molecule has 0 aromatic heterocycles. The Morgan fingerprint density at radius 3 is 2.74 bits per heavy atom. The molecule has 1 unspecified atom stereocenters. The van der Waals surface area contributed by atoms with Crippen LogP contribution >= 0.6 is 36.2 Å². The Morgan fingerprint density at radius 1 is 1.48 bits per heavy atom. The fourth-order valence-corrected chi connectivity index (χ4v) is 3.20. The van der Waals surface area contributed by atoms with Crippen molar-refractivity contribution in [2.45, 2.75) is 12.2 Å². The van der Waals surface area contributed by atoms with Crippen molar-refractivity contribution in [2.75, 3.05) is 5.32 Å². The standard InChI is InChI=1S/C13H13N7O4S3/c1-5-2-3-6(20(23)24)4-7(5)15-10(21)8(18-19-12(25)17-14)9-11(22)16-13(26)27-9/h2-4,9H,14H2,1H3,(H,15,21)(H,16,22,26)(H2,17,19,25)/b18-8+. The molecule has 1 aliphatic rings. The summed E-state index contributed by atoms with van der Waals surface area (Å²) in [5.41, 5.74) is 4.81. The smallest absolute Gasteiger partial charge is 0.273 e. The number of nitrogens with one attached hydrogen (secondary N) is 4. The lowest BCUT2D eigenvalue weighted by molar-refractivity contribution is -0.384. The molecule has 1 aromatic rings. The number of benzene rings is 1. The highest BCUT2D eigenvalue weighted by Gasteiger charge is 2.37. The molecule has 27 heavy (non-hydrogen) atoms. The molecule has 0 aliphatic carbocycles. The van der Waals surface area contributed by atoms with Crippen molar-refractivity contribution >= 4 is 74.5 Å². The normalized spacial score (nSPS) is 16.5. The van der Waals surface area contributed by atoms with Gasteiger partial charge in [0.2, 0.25) is 11.0 Å². The number of nitro benzene ring substituents is 1. The lowest BCUT2D eigenvalue weighted by Gasteiger charge is -2.13. The SMILES string of the molecule is Cc1ccc([N+](=O)[O-])cc1NC(=O)/C(=N/NC(=S)NN)C1SC(=S)NC1=O. The molecule has 1 aromatic carbocycles. The fourth-order valence-electron chi connectivity index (χ4n) is 1.95. The predicted octanol–water partition coefficient (Wildman–Crippen LogP) is 0.0520. The Balaban J connectivity index is 2.32. The zero-order valence-corrected chi connectivity index (χ0v) is 16.1. The summed E-state index contributed by atoms with van der Waals surface area (Å²) < 4.78 is 0.191. The number of carbonyl (C=O) groups is 2. The Labute approximate surface area is 167 Å². The van der Waals surface area contributed by atoms with E-state index in [0.29, 0.717) is 5.56 Å². The molecule has 1 heterocycles. The molecule has 2 rings (SSSR count). The van der Waals surface area contributed by atoms with Crippen LogP contribution in [0.3, 0.4) is 0 Å². The Morgan fingerprint density at radius 2 is 2.19 bits per heavy atom. The third-order valence-corrected chi connectivity index (χ3v) is 4.85. The van der Waals surface area contributed by atoms with Crippen molar-refractivity contribution < 1.29 is 14.5 Å². The van der Waals surface area contributed by atoms with E-state index in [0.717, 1.165) is 11.8 Å². The highest BCUT2D eigenvalue weighted by atomic mass is 32.2. The van der Waals surface area contributed by atoms with E-state index in [1.165, 1.54) is 18.2 Å². The summed E-state index contributed by atoms with van der Waals surface area (Å²) in [6.07, 6.45) is 0. The van der Waals surface area contributed by atoms with Gasteiger partial charge in [0, 0.05) is 12.1 Å². The number of hydrazone groups is 1. The summed E-state index contributed by atoms with van der Waals surface area (Å²) in [7, 11) is 0. The van der Waals surface area contributed by atoms with Gasteiger partial charge in [-0.15, -0.1) is 0 Å². The molecule has 2 amide bonds. The van der Waals surface area contributed by atoms with Crippen LogP contribution in [0.2, 0.25) is 0 Å². The van der Waals surface area contributed by atoms with E-state index < -0.39 is 22.0 Å². The van der Waals surface area contributed by atoms with Gasteiger partial charge in [0.25, 0.3) is 11.6 Å². The first-order chi connectivity index (χ1) is 12.7. The zero-order chi connectivity index (χ0) is 20.1. The van der Waals surface area contributed by atoms with Crippen LogP contribution in [0.1, 0.15) is 5.56 Å². The van der Waals surface area contributed by atoms with Gasteiger partial charge in [0.1, 0.15) is 15.3 Å². The highest BCUT2D eigenvalue weighted by Crippen LogP contribution is 2.24. The van der Waals surface area contributed by atoms with Crippen LogP contribution in [-0.4, -0.2) is 37.1 Å². The lowest BCUT2D eigenvalue weighted by atomic mass is 10.1. The number of carbonyl (C=O) groups excluding carboxylic acids is 2. The Kier molecular flexibility index (Phi) is 6.73. The Hall–Kier alpha value is -2.68. The molecular formula is C13H13N7O4S3. The van der Waals surface area contributed by atoms with E-state index in [1.807, 2.05) is 0 Å². The minimum Gasteiger partial charge on any atom is -0.320 e. The first-order valence-electron chi connectivity index (χ1n) is 7.15. The van der Waals surface area contributed by atoms with E-state index >= 15 is 0 Å². The second-order valence-corrected chi connectivity index (χ2v) is 7.26. The minimum atomic E-state index is -1.02. The number of thiocarbonyl (C=S) groups is 2. The van der Waals surface area contributed by atoms with E-state index in [-0.39, 0.29) is 26.5 Å². The quantitative estimate of drug-likeness (QED) is 0.143. The van der Waals surface area contributed by atoms with Gasteiger partial charge in [-0.05, 0) is 24.7 Å². The maximum Gasteiger partial charge on any atom is 0.273 e. The number of non-ortho nitro benzene ring substituents is 1. The maximum atomic E-state index is 12.7. The lowest BCUT2D eigenvalue weighted by Crippen LogP contribution is -2.42. The van der Waals surface area contributed by atoms with Crippen molar-refractivity contribution in [3.63, 3.8) is 0 Å². The highest BCUT2D eigenvalue weighted by molar-refractivity contribution is 8.25. The van der Waals surface area contributed by atoms with Gasteiger partial charge in [0.05, 0.1) is 10.6 Å². The average molecular weight is 427 g/mol. The maximum absolute atomic E-state index is 12.7. The first-order valence-corrected chi connectivity index (χ1v) is 8.84. The van der Waals surface area contributed by atoms with Crippen molar-refractivity contribution in [1.29, 1.82) is 0 Å². The van der Waals surface area contributed by atoms with Crippen LogP contribution in [-0.2, 0) is 9.59 Å². The number of amides is 2. The van der Waals surface area contributed by atoms with Crippen LogP contribution in [0.15, 0.2) is 23.3 Å². The number of hydrogen-bond donors (Lipinski definition) is 5. The van der Waals surface area contributed by atoms with Crippen LogP contribution in [0.25, 0.3) is 0 Å². The Bertz CT molecular complexity index is 873. The second kappa shape index (κ2) is 8.81. The molecule has 11 nitrogen and oxygen atoms in total. The number of anilines is 1. The summed E-state index contributed by atoms with van der Waals surface area (Å²) in [4.78, 5) is 35.1. The van der Waals surface area contributed by atoms with Crippen molar-refractivity contribution in [1.82, 2.24) is 16.2 Å². The number of aryl methyl sites for hydroxylation is 1. The minimum absolute atomic E-state index is 0.0854. The average Bonchev–Trinajstić information content (AvgIpc) is 2.94. The van der Waals surface area contributed by atoms with Gasteiger partial charge < -0.3 is 10.6 Å². The second-order valence-electron chi connectivity index (χ2n) is 5.07. The number of nitrogens with two attached hydrogens (primary N) is 1. The summed E-state index contributed by atoms with van der Waals surface area (Å²) in [6, 6.07) is 4.00. The fraction of sp³-hybridized carbons (Fsp3) is 0.154. The number of rotatable bonds is 5. The topological polar surface area (TPSA) is 164 Å². The number of hydrazine groups is 1. The molecule has 1 saturated heterocycles. The van der Waals surface area contributed by atoms with Crippen molar-refractivity contribution in [3.8, 4) is 0 Å². The van der Waals surface area contributed by atoms with E-state index in [9.17, 15) is 19.7 Å². The van der Waals surface area contributed by atoms with Gasteiger partial charge >= 0.3 is 0 Å². The van der Waals surface area contributed by atoms with Crippen molar-refractivity contribution in [2.24, 2.45) is 10.9 Å². The summed E-state index contributed by atoms with van der Waals surface area (Å²) in [5.74, 6) is 3.85. The molecule has 1 atom stereocenters. The molecular weight excluding hydrogens is 414 g/mol. The molecule has 1 fully saturated rings. The number of thioether (sulfide) groups is 1. The third-order valence-electron chi connectivity index (χ3n) is 3.26. The third kappa shape index (κ3) is 5.16. The van der Waals surface area contributed by atoms with Gasteiger partial charge in [-0.25, -0.2) is 5.84 Å². The number of nitrogens with zero attached hydrogens (tertiary/aromatic N) is 2. The monoisotopic (exact) mass is 427 g/mol. The van der Waals surface area contributed by atoms with Gasteiger partial charge in [-0.2, -0.15) is 5.10 Å². The summed E-state index contributed by atoms with van der Waals surface area (Å²) in [6.45, 7) is 1.66. The van der Waals surface area contributed by atoms with Crippen LogP contribution in [0.5, 0.6) is 0 Å². The van der Waals surface area contributed by atoms with E-state index in [4.69, 9.17) is 30.3 Å². The molecule has 1 aliphatic heterocycles. The predicted molar refractivity (Wildman–Crippen MR) is 109 cm³/mol. The van der Waals surface area contributed by atoms with Crippen LogP contribution in [0.4, 0.5) is 11.4 Å². The summed E-state index contributed by atoms with van der Waals surface area (Å²) in [5, 5.41) is 18.6. The number of nitro groups is 1. The van der Waals surface area contributed by atoms with Gasteiger partial charge in [-0.1, -0.05) is 30.0 Å².